The van der Waals surface area contributed by atoms with Crippen molar-refractivity contribution in [3.8, 4) is 0 Å². The lowest BCUT2D eigenvalue weighted by Gasteiger charge is -2.31. The van der Waals surface area contributed by atoms with Crippen LogP contribution in [0.15, 0.2) is 23.9 Å². The van der Waals surface area contributed by atoms with E-state index >= 15 is 0 Å². The third kappa shape index (κ3) is 2.86. The van der Waals surface area contributed by atoms with Gasteiger partial charge in [0.25, 0.3) is 0 Å². The second-order valence-corrected chi connectivity index (χ2v) is 3.74. The van der Waals surface area contributed by atoms with E-state index in [-0.39, 0.29) is 5.54 Å². The summed E-state index contributed by atoms with van der Waals surface area (Å²) in [5.41, 5.74) is 6.64. The first-order valence-electron chi connectivity index (χ1n) is 5.05. The number of ether oxygens (including phenoxy) is 1. The van der Waals surface area contributed by atoms with Crippen LogP contribution in [0.2, 0.25) is 0 Å². The van der Waals surface area contributed by atoms with E-state index < -0.39 is 0 Å². The molecular weight excluding hydrogens is 176 g/mol. The number of nitrogens with two attached hydrogens (primary N) is 1. The quantitative estimate of drug-likeness (QED) is 0.649. The molecule has 0 aromatic rings. The van der Waals surface area contributed by atoms with Crippen molar-refractivity contribution >= 4 is 0 Å². The van der Waals surface area contributed by atoms with Gasteiger partial charge in [-0.2, -0.15) is 0 Å². The molecule has 0 heterocycles. The van der Waals surface area contributed by atoms with Gasteiger partial charge in [0.1, 0.15) is 0 Å². The van der Waals surface area contributed by atoms with Crippen molar-refractivity contribution < 1.29 is 4.74 Å². The van der Waals surface area contributed by atoms with E-state index in [1.54, 1.807) is 7.11 Å². The molecule has 80 valence electrons. The Morgan fingerprint density at radius 3 is 2.93 bits per heavy atom. The average molecular weight is 196 g/mol. The van der Waals surface area contributed by atoms with E-state index in [0.29, 0.717) is 0 Å². The molecule has 0 aromatic heterocycles. The highest BCUT2D eigenvalue weighted by atomic mass is 16.5. The zero-order chi connectivity index (χ0) is 10.4. The standard InChI is InChI=1S/C11H20N2O/c1-13-11(6-3-9-14-2)7-4-10(12)5-8-11/h4-5,7,13H,3,6,8-9,12H2,1-2H3. The summed E-state index contributed by atoms with van der Waals surface area (Å²) < 4.78 is 5.05. The van der Waals surface area contributed by atoms with Crippen LogP contribution >= 0.6 is 0 Å². The largest absolute Gasteiger partial charge is 0.399 e. The summed E-state index contributed by atoms with van der Waals surface area (Å²) in [4.78, 5) is 0. The van der Waals surface area contributed by atoms with Gasteiger partial charge in [-0.1, -0.05) is 12.2 Å². The van der Waals surface area contributed by atoms with Gasteiger partial charge < -0.3 is 15.8 Å². The molecule has 0 saturated heterocycles. The van der Waals surface area contributed by atoms with Crippen molar-refractivity contribution in [1.29, 1.82) is 0 Å². The molecule has 0 radical (unpaired) electrons. The van der Waals surface area contributed by atoms with Gasteiger partial charge in [0, 0.05) is 25.0 Å². The van der Waals surface area contributed by atoms with Gasteiger partial charge in [0.15, 0.2) is 0 Å². The number of hydrogen-bond donors (Lipinski definition) is 2. The fourth-order valence-electron chi connectivity index (χ4n) is 1.72. The molecule has 0 aromatic carbocycles. The number of allylic oxidation sites excluding steroid dienone is 1. The van der Waals surface area contributed by atoms with E-state index in [0.717, 1.165) is 31.6 Å². The third-order valence-corrected chi connectivity index (χ3v) is 2.77. The molecule has 0 aliphatic heterocycles. The van der Waals surface area contributed by atoms with Crippen LogP contribution in [0.4, 0.5) is 0 Å². The topological polar surface area (TPSA) is 47.3 Å². The van der Waals surface area contributed by atoms with Crippen molar-refractivity contribution in [2.45, 2.75) is 24.8 Å². The lowest BCUT2D eigenvalue weighted by molar-refractivity contribution is 0.184. The number of likely N-dealkylation sites (N-methyl/N-ethyl adjacent to an activating group) is 1. The molecule has 14 heavy (non-hydrogen) atoms. The van der Waals surface area contributed by atoms with Crippen LogP contribution in [0.25, 0.3) is 0 Å². The zero-order valence-corrected chi connectivity index (χ0v) is 9.05. The number of hydrogen-bond acceptors (Lipinski definition) is 3. The van der Waals surface area contributed by atoms with Gasteiger partial charge >= 0.3 is 0 Å². The van der Waals surface area contributed by atoms with Crippen molar-refractivity contribution in [3.05, 3.63) is 23.9 Å². The minimum Gasteiger partial charge on any atom is -0.399 e. The van der Waals surface area contributed by atoms with Crippen LogP contribution in [0, 0.1) is 0 Å². The van der Waals surface area contributed by atoms with E-state index in [1.807, 2.05) is 13.1 Å². The summed E-state index contributed by atoms with van der Waals surface area (Å²) in [6.45, 7) is 0.816. The van der Waals surface area contributed by atoms with Crippen LogP contribution in [-0.2, 0) is 4.74 Å². The summed E-state index contributed by atoms with van der Waals surface area (Å²) in [6.07, 6.45) is 9.33. The number of methoxy groups -OCH3 is 1. The molecule has 3 heteroatoms. The molecule has 0 saturated carbocycles. The Kier molecular flexibility index (Phi) is 4.17. The molecule has 1 aliphatic rings. The fraction of sp³-hybridized carbons (Fsp3) is 0.636. The highest BCUT2D eigenvalue weighted by Crippen LogP contribution is 2.24. The molecule has 1 aliphatic carbocycles. The predicted octanol–water partition coefficient (Wildman–Crippen LogP) is 1.17. The SMILES string of the molecule is CNC1(CCCOC)C=CC(N)=CC1. The Hall–Kier alpha value is -0.800. The molecule has 1 rings (SSSR count). The lowest BCUT2D eigenvalue weighted by atomic mass is 9.86. The minimum absolute atomic E-state index is 0.0847. The van der Waals surface area contributed by atoms with Crippen LogP contribution in [0.1, 0.15) is 19.3 Å². The minimum atomic E-state index is 0.0847. The predicted molar refractivity (Wildman–Crippen MR) is 58.9 cm³/mol. The molecule has 0 fully saturated rings. The van der Waals surface area contributed by atoms with Crippen molar-refractivity contribution in [2.75, 3.05) is 20.8 Å². The van der Waals surface area contributed by atoms with Gasteiger partial charge in [-0.25, -0.2) is 0 Å². The molecule has 0 amide bonds. The first-order chi connectivity index (χ1) is 6.72. The molecule has 0 bridgehead atoms. The summed E-state index contributed by atoms with van der Waals surface area (Å²) >= 11 is 0. The lowest BCUT2D eigenvalue weighted by Crippen LogP contribution is -2.42. The third-order valence-electron chi connectivity index (χ3n) is 2.77. The van der Waals surface area contributed by atoms with E-state index in [9.17, 15) is 0 Å². The van der Waals surface area contributed by atoms with Gasteiger partial charge in [-0.15, -0.1) is 0 Å². The Balaban J connectivity index is 2.48. The van der Waals surface area contributed by atoms with Crippen LogP contribution in [-0.4, -0.2) is 26.3 Å². The van der Waals surface area contributed by atoms with Gasteiger partial charge in [-0.05, 0) is 32.4 Å². The maximum atomic E-state index is 5.69. The first kappa shape index (κ1) is 11.3. The first-order valence-corrected chi connectivity index (χ1v) is 5.05. The second-order valence-electron chi connectivity index (χ2n) is 3.74. The molecule has 1 atom stereocenters. The van der Waals surface area contributed by atoms with E-state index in [1.165, 1.54) is 0 Å². The van der Waals surface area contributed by atoms with E-state index in [2.05, 4.69) is 17.5 Å². The summed E-state index contributed by atoms with van der Waals surface area (Å²) in [7, 11) is 3.73. The Morgan fingerprint density at radius 2 is 2.43 bits per heavy atom. The van der Waals surface area contributed by atoms with Crippen LogP contribution < -0.4 is 11.1 Å². The highest BCUT2D eigenvalue weighted by molar-refractivity contribution is 5.27. The number of nitrogens with one attached hydrogen (secondary N) is 1. The average Bonchev–Trinajstić information content (AvgIpc) is 2.22. The summed E-state index contributed by atoms with van der Waals surface area (Å²) in [6, 6.07) is 0. The normalized spacial score (nSPS) is 26.3. The zero-order valence-electron chi connectivity index (χ0n) is 9.05. The molecular formula is C11H20N2O. The van der Waals surface area contributed by atoms with Gasteiger partial charge in [0.05, 0.1) is 0 Å². The summed E-state index contributed by atoms with van der Waals surface area (Å²) in [5.74, 6) is 0. The van der Waals surface area contributed by atoms with Crippen molar-refractivity contribution in [2.24, 2.45) is 5.73 Å². The molecule has 1 unspecified atom stereocenters. The van der Waals surface area contributed by atoms with Crippen molar-refractivity contribution in [1.82, 2.24) is 5.32 Å². The van der Waals surface area contributed by atoms with Crippen molar-refractivity contribution in [3.63, 3.8) is 0 Å². The maximum absolute atomic E-state index is 5.69. The Labute approximate surface area is 86.0 Å². The van der Waals surface area contributed by atoms with Gasteiger partial charge in [0.2, 0.25) is 0 Å². The van der Waals surface area contributed by atoms with Crippen LogP contribution in [0.3, 0.4) is 0 Å². The fourth-order valence-corrected chi connectivity index (χ4v) is 1.72. The maximum Gasteiger partial charge on any atom is 0.0463 e. The Bertz CT molecular complexity index is 235. The highest BCUT2D eigenvalue weighted by Gasteiger charge is 2.24. The van der Waals surface area contributed by atoms with Gasteiger partial charge in [-0.3, -0.25) is 0 Å². The Morgan fingerprint density at radius 1 is 1.64 bits per heavy atom. The van der Waals surface area contributed by atoms with E-state index in [4.69, 9.17) is 10.5 Å². The molecule has 0 spiro atoms. The molecule has 3 N–H and O–H groups in total. The second kappa shape index (κ2) is 5.17. The molecule has 3 nitrogen and oxygen atoms in total. The monoisotopic (exact) mass is 196 g/mol. The van der Waals surface area contributed by atoms with Crippen LogP contribution in [0.5, 0.6) is 0 Å². The number of rotatable bonds is 5. The smallest absolute Gasteiger partial charge is 0.0463 e. The summed E-state index contributed by atoms with van der Waals surface area (Å²) in [5, 5.41) is 3.35.